The molecule has 0 saturated heterocycles. The Morgan fingerprint density at radius 2 is 2.12 bits per heavy atom. The number of thiazole rings is 1. The quantitative estimate of drug-likeness (QED) is 0.707. The van der Waals surface area contributed by atoms with Gasteiger partial charge >= 0.3 is 0 Å². The molecule has 84 valence electrons. The molecular weight excluding hydrogens is 234 g/mol. The zero-order valence-corrected chi connectivity index (χ0v) is 9.90. The average Bonchev–Trinajstić information content (AvgIpc) is 2.68. The maximum Gasteiger partial charge on any atom is 0.191 e. The Morgan fingerprint density at radius 3 is 2.94 bits per heavy atom. The number of anilines is 1. The van der Waals surface area contributed by atoms with Gasteiger partial charge < -0.3 is 5.73 Å². The van der Waals surface area contributed by atoms with Crippen molar-refractivity contribution in [2.75, 3.05) is 5.73 Å². The molecule has 0 saturated carbocycles. The number of nitrogen functional groups attached to an aromatic ring is 1. The molecule has 0 radical (unpaired) electrons. The van der Waals surface area contributed by atoms with Gasteiger partial charge in [-0.1, -0.05) is 11.3 Å². The predicted octanol–water partition coefficient (Wildman–Crippen LogP) is 2.04. The molecule has 0 unspecified atom stereocenters. The molecule has 3 heterocycles. The second-order valence-corrected chi connectivity index (χ2v) is 4.63. The van der Waals surface area contributed by atoms with Gasteiger partial charge in [0.05, 0.1) is 11.9 Å². The van der Waals surface area contributed by atoms with Crippen molar-refractivity contribution in [3.05, 3.63) is 30.2 Å². The van der Waals surface area contributed by atoms with Crippen LogP contribution in [0, 0.1) is 6.92 Å². The van der Waals surface area contributed by atoms with Crippen LogP contribution in [-0.2, 0) is 0 Å². The van der Waals surface area contributed by atoms with E-state index in [1.165, 1.54) is 11.3 Å². The van der Waals surface area contributed by atoms with E-state index in [4.69, 9.17) is 5.73 Å². The third-order valence-electron chi connectivity index (χ3n) is 2.33. The Hall–Kier alpha value is -2.08. The molecule has 5 nitrogen and oxygen atoms in total. The van der Waals surface area contributed by atoms with E-state index >= 15 is 0 Å². The predicted molar refractivity (Wildman–Crippen MR) is 67.6 cm³/mol. The van der Waals surface area contributed by atoms with Gasteiger partial charge in [-0.25, -0.2) is 9.97 Å². The molecule has 3 rings (SSSR count). The maximum atomic E-state index is 5.62. The highest BCUT2D eigenvalue weighted by molar-refractivity contribution is 7.21. The molecular formula is C11H9N5S. The third kappa shape index (κ3) is 1.83. The van der Waals surface area contributed by atoms with Crippen molar-refractivity contribution in [1.82, 2.24) is 19.9 Å². The summed E-state index contributed by atoms with van der Waals surface area (Å²) in [5.74, 6) is 0. The van der Waals surface area contributed by atoms with Crippen LogP contribution in [0.15, 0.2) is 24.5 Å². The van der Waals surface area contributed by atoms with Crippen LogP contribution in [0.2, 0.25) is 0 Å². The Balaban J connectivity index is 2.17. The Kier molecular flexibility index (Phi) is 2.22. The molecule has 17 heavy (non-hydrogen) atoms. The molecule has 0 atom stereocenters. The number of pyridine rings is 1. The highest BCUT2D eigenvalue weighted by Gasteiger charge is 2.06. The summed E-state index contributed by atoms with van der Waals surface area (Å²) in [6.45, 7) is 1.94. The Bertz CT molecular complexity index is 691. The van der Waals surface area contributed by atoms with E-state index in [0.717, 1.165) is 21.8 Å². The number of fused-ring (bicyclic) bond motifs is 1. The molecule has 0 bridgehead atoms. The minimum absolute atomic E-state index is 0.489. The molecule has 0 spiro atoms. The van der Waals surface area contributed by atoms with Crippen LogP contribution in [0.4, 0.5) is 5.13 Å². The lowest BCUT2D eigenvalue weighted by atomic mass is 10.2. The van der Waals surface area contributed by atoms with E-state index < -0.39 is 0 Å². The van der Waals surface area contributed by atoms with Gasteiger partial charge in [0, 0.05) is 17.5 Å². The van der Waals surface area contributed by atoms with Gasteiger partial charge in [0.2, 0.25) is 0 Å². The minimum atomic E-state index is 0.489. The smallest absolute Gasteiger partial charge is 0.191 e. The summed E-state index contributed by atoms with van der Waals surface area (Å²) in [6, 6.07) is 3.88. The first-order chi connectivity index (χ1) is 8.22. The first-order valence-electron chi connectivity index (χ1n) is 5.04. The van der Waals surface area contributed by atoms with Gasteiger partial charge in [-0.2, -0.15) is 4.98 Å². The summed E-state index contributed by atoms with van der Waals surface area (Å²) in [5, 5.41) is 0.489. The zero-order valence-electron chi connectivity index (χ0n) is 9.08. The van der Waals surface area contributed by atoms with Crippen molar-refractivity contribution in [2.45, 2.75) is 6.92 Å². The molecule has 3 aromatic heterocycles. The van der Waals surface area contributed by atoms with Crippen molar-refractivity contribution in [3.63, 3.8) is 0 Å². The van der Waals surface area contributed by atoms with E-state index in [9.17, 15) is 0 Å². The number of rotatable bonds is 1. The molecule has 0 aliphatic rings. The second-order valence-electron chi connectivity index (χ2n) is 3.62. The van der Waals surface area contributed by atoms with Gasteiger partial charge in [0.15, 0.2) is 15.6 Å². The van der Waals surface area contributed by atoms with Gasteiger partial charge in [0.1, 0.15) is 0 Å². The summed E-state index contributed by atoms with van der Waals surface area (Å²) >= 11 is 1.34. The first kappa shape index (κ1) is 10.1. The summed E-state index contributed by atoms with van der Waals surface area (Å²) in [7, 11) is 0. The van der Waals surface area contributed by atoms with Crippen LogP contribution < -0.4 is 5.73 Å². The number of hydrogen-bond donors (Lipinski definition) is 1. The van der Waals surface area contributed by atoms with Crippen molar-refractivity contribution in [1.29, 1.82) is 0 Å². The largest absolute Gasteiger partial charge is 0.375 e. The van der Waals surface area contributed by atoms with E-state index in [2.05, 4.69) is 19.9 Å². The fraction of sp³-hybridized carbons (Fsp3) is 0.0909. The fourth-order valence-electron chi connectivity index (χ4n) is 1.58. The van der Waals surface area contributed by atoms with E-state index in [1.807, 2.05) is 19.1 Å². The number of aromatic nitrogens is 4. The van der Waals surface area contributed by atoms with E-state index in [0.29, 0.717) is 10.8 Å². The maximum absolute atomic E-state index is 5.62. The number of nitrogens with two attached hydrogens (primary N) is 1. The molecule has 3 aromatic rings. The second kappa shape index (κ2) is 3.74. The van der Waals surface area contributed by atoms with Gasteiger partial charge in [-0.3, -0.25) is 4.98 Å². The lowest BCUT2D eigenvalue weighted by molar-refractivity contribution is 1.19. The number of aryl methyl sites for hydroxylation is 1. The first-order valence-corrected chi connectivity index (χ1v) is 5.86. The minimum Gasteiger partial charge on any atom is -0.375 e. The van der Waals surface area contributed by atoms with Crippen molar-refractivity contribution in [2.24, 2.45) is 0 Å². The Labute approximate surface area is 101 Å². The van der Waals surface area contributed by atoms with E-state index in [1.54, 1.807) is 12.4 Å². The van der Waals surface area contributed by atoms with Gasteiger partial charge in [-0.15, -0.1) is 0 Å². The average molecular weight is 243 g/mol. The Morgan fingerprint density at radius 1 is 1.24 bits per heavy atom. The van der Waals surface area contributed by atoms with Crippen LogP contribution in [0.1, 0.15) is 5.69 Å². The standard InChI is InChI=1S/C11H9N5S/c1-6-4-7(2-3-13-6)8-5-14-9-10(15-8)17-11(12)16-9/h2-5H,1H3,(H2,12,14,16). The van der Waals surface area contributed by atoms with Crippen molar-refractivity contribution >= 4 is 26.9 Å². The number of nitrogens with zero attached hydrogens (tertiary/aromatic N) is 4. The van der Waals surface area contributed by atoms with Crippen molar-refractivity contribution in [3.8, 4) is 11.3 Å². The fourth-order valence-corrected chi connectivity index (χ4v) is 2.24. The van der Waals surface area contributed by atoms with Crippen LogP contribution >= 0.6 is 11.3 Å². The van der Waals surface area contributed by atoms with Crippen LogP contribution in [0.5, 0.6) is 0 Å². The molecule has 0 amide bonds. The summed E-state index contributed by atoms with van der Waals surface area (Å²) < 4.78 is 0. The molecule has 0 aliphatic heterocycles. The van der Waals surface area contributed by atoms with Gasteiger partial charge in [-0.05, 0) is 19.1 Å². The van der Waals surface area contributed by atoms with Crippen LogP contribution in [-0.4, -0.2) is 19.9 Å². The molecule has 0 fully saturated rings. The van der Waals surface area contributed by atoms with Crippen LogP contribution in [0.3, 0.4) is 0 Å². The molecule has 2 N–H and O–H groups in total. The zero-order chi connectivity index (χ0) is 11.8. The summed E-state index contributed by atoms with van der Waals surface area (Å²) in [4.78, 5) is 17.7. The van der Waals surface area contributed by atoms with Crippen molar-refractivity contribution < 1.29 is 0 Å². The number of hydrogen-bond acceptors (Lipinski definition) is 6. The summed E-state index contributed by atoms with van der Waals surface area (Å²) in [6.07, 6.45) is 3.47. The highest BCUT2D eigenvalue weighted by atomic mass is 32.1. The topological polar surface area (TPSA) is 77.6 Å². The third-order valence-corrected chi connectivity index (χ3v) is 3.10. The van der Waals surface area contributed by atoms with Crippen LogP contribution in [0.25, 0.3) is 21.7 Å². The lowest BCUT2D eigenvalue weighted by Gasteiger charge is -2.00. The molecule has 0 aromatic carbocycles. The van der Waals surface area contributed by atoms with E-state index in [-0.39, 0.29) is 0 Å². The monoisotopic (exact) mass is 243 g/mol. The lowest BCUT2D eigenvalue weighted by Crippen LogP contribution is -1.88. The molecule has 0 aliphatic carbocycles. The summed E-state index contributed by atoms with van der Waals surface area (Å²) in [5.41, 5.74) is 8.98. The normalized spacial score (nSPS) is 10.9. The SMILES string of the molecule is Cc1cc(-c2cnc3nc(N)sc3n2)ccn1. The highest BCUT2D eigenvalue weighted by Crippen LogP contribution is 2.23. The molecule has 6 heteroatoms. The van der Waals surface area contributed by atoms with Gasteiger partial charge in [0.25, 0.3) is 0 Å².